The van der Waals surface area contributed by atoms with Gasteiger partial charge in [0.15, 0.2) is 0 Å². The minimum absolute atomic E-state index is 0.0696. The molecule has 4 heteroatoms. The molecular formula is C23H24N2OS. The van der Waals surface area contributed by atoms with Crippen molar-refractivity contribution in [1.82, 2.24) is 9.78 Å². The number of rotatable bonds is 1. The van der Waals surface area contributed by atoms with Gasteiger partial charge in [-0.05, 0) is 45.9 Å². The average molecular weight is 377 g/mol. The number of para-hydroxylation sites is 1. The minimum Gasteiger partial charge on any atom is -0.493 e. The fraction of sp³-hybridized carbons (Fsp3) is 0.348. The monoisotopic (exact) mass is 376 g/mol. The van der Waals surface area contributed by atoms with Gasteiger partial charge in [0.1, 0.15) is 10.8 Å². The first-order valence-electron chi connectivity index (χ1n) is 9.53. The van der Waals surface area contributed by atoms with Crippen molar-refractivity contribution in [3.8, 4) is 11.4 Å². The van der Waals surface area contributed by atoms with E-state index >= 15 is 0 Å². The molecule has 3 heterocycles. The third-order valence-electron chi connectivity index (χ3n) is 5.98. The Morgan fingerprint density at radius 2 is 1.81 bits per heavy atom. The predicted molar refractivity (Wildman–Crippen MR) is 110 cm³/mol. The van der Waals surface area contributed by atoms with Gasteiger partial charge in [0, 0.05) is 27.7 Å². The van der Waals surface area contributed by atoms with Crippen LogP contribution in [0.25, 0.3) is 5.69 Å². The van der Waals surface area contributed by atoms with Crippen molar-refractivity contribution in [2.24, 2.45) is 5.92 Å². The van der Waals surface area contributed by atoms with Crippen molar-refractivity contribution < 1.29 is 4.74 Å². The van der Waals surface area contributed by atoms with E-state index in [9.17, 15) is 0 Å². The first-order valence-corrected chi connectivity index (χ1v) is 10.3. The molecule has 0 spiro atoms. The summed E-state index contributed by atoms with van der Waals surface area (Å²) < 4.78 is 8.36. The van der Waals surface area contributed by atoms with Crippen LogP contribution in [0.2, 0.25) is 0 Å². The highest BCUT2D eigenvalue weighted by atomic mass is 32.2. The molecule has 2 aliphatic rings. The predicted octanol–water partition coefficient (Wildman–Crippen LogP) is 5.51. The number of fused-ring (bicyclic) bond motifs is 5. The summed E-state index contributed by atoms with van der Waals surface area (Å²) in [4.78, 5) is 0. The quantitative estimate of drug-likeness (QED) is 0.560. The van der Waals surface area contributed by atoms with Gasteiger partial charge in [0.05, 0.1) is 18.0 Å². The summed E-state index contributed by atoms with van der Waals surface area (Å²) in [7, 11) is 0. The minimum atomic E-state index is 0.0696. The molecule has 0 saturated carbocycles. The molecule has 0 fully saturated rings. The number of aromatic nitrogens is 2. The summed E-state index contributed by atoms with van der Waals surface area (Å²) in [6.45, 7) is 9.72. The highest BCUT2D eigenvalue weighted by Gasteiger charge is 2.49. The van der Waals surface area contributed by atoms with E-state index < -0.39 is 0 Å². The van der Waals surface area contributed by atoms with Crippen molar-refractivity contribution in [1.29, 1.82) is 0 Å². The summed E-state index contributed by atoms with van der Waals surface area (Å²) >= 11 is 1.94. The summed E-state index contributed by atoms with van der Waals surface area (Å²) in [6.07, 6.45) is 0. The molecule has 1 aromatic heterocycles. The molecule has 0 saturated heterocycles. The average Bonchev–Trinajstić information content (AvgIpc) is 2.97. The Morgan fingerprint density at radius 1 is 1.07 bits per heavy atom. The molecule has 2 aromatic carbocycles. The maximum absolute atomic E-state index is 6.15. The van der Waals surface area contributed by atoms with Crippen LogP contribution in [0, 0.1) is 19.8 Å². The SMILES string of the molecule is Cc1ccc(-n2nc(C)c3c2SC(C)(C)[C@@H]2COc4ccccc4[C@H]32)cc1. The second-order valence-electron chi connectivity index (χ2n) is 8.19. The summed E-state index contributed by atoms with van der Waals surface area (Å²) in [5, 5.41) is 6.25. The molecule has 0 amide bonds. The zero-order valence-electron chi connectivity index (χ0n) is 16.2. The van der Waals surface area contributed by atoms with Crippen molar-refractivity contribution in [3.05, 3.63) is 70.9 Å². The topological polar surface area (TPSA) is 27.1 Å². The molecular weight excluding hydrogens is 352 g/mol. The molecule has 0 bridgehead atoms. The van der Waals surface area contributed by atoms with Crippen LogP contribution in [-0.4, -0.2) is 21.1 Å². The second-order valence-corrected chi connectivity index (χ2v) is 9.83. The van der Waals surface area contributed by atoms with Crippen LogP contribution in [0.4, 0.5) is 0 Å². The largest absolute Gasteiger partial charge is 0.493 e. The van der Waals surface area contributed by atoms with Crippen molar-refractivity contribution >= 4 is 11.8 Å². The van der Waals surface area contributed by atoms with Crippen LogP contribution in [0.15, 0.2) is 53.6 Å². The second kappa shape index (κ2) is 5.90. The lowest BCUT2D eigenvalue weighted by Crippen LogP contribution is -2.43. The van der Waals surface area contributed by atoms with Crippen LogP contribution in [0.3, 0.4) is 0 Å². The third kappa shape index (κ3) is 2.53. The Labute approximate surface area is 164 Å². The van der Waals surface area contributed by atoms with Gasteiger partial charge in [-0.25, -0.2) is 4.68 Å². The third-order valence-corrected chi connectivity index (χ3v) is 7.39. The molecule has 0 aliphatic carbocycles. The van der Waals surface area contributed by atoms with E-state index in [1.807, 2.05) is 11.8 Å². The highest BCUT2D eigenvalue weighted by Crippen LogP contribution is 2.58. The van der Waals surface area contributed by atoms with Crippen LogP contribution >= 0.6 is 11.8 Å². The highest BCUT2D eigenvalue weighted by molar-refractivity contribution is 8.00. The summed E-state index contributed by atoms with van der Waals surface area (Å²) in [5.74, 6) is 1.79. The Bertz CT molecular complexity index is 1020. The molecule has 27 heavy (non-hydrogen) atoms. The summed E-state index contributed by atoms with van der Waals surface area (Å²) in [6, 6.07) is 17.2. The van der Waals surface area contributed by atoms with Crippen LogP contribution in [0.5, 0.6) is 5.75 Å². The zero-order valence-corrected chi connectivity index (χ0v) is 17.0. The van der Waals surface area contributed by atoms with E-state index in [2.05, 4.69) is 80.9 Å². The maximum Gasteiger partial charge on any atom is 0.123 e. The van der Waals surface area contributed by atoms with E-state index in [1.54, 1.807) is 0 Å². The lowest BCUT2D eigenvalue weighted by atomic mass is 9.73. The van der Waals surface area contributed by atoms with Gasteiger partial charge < -0.3 is 4.74 Å². The van der Waals surface area contributed by atoms with Gasteiger partial charge in [-0.15, -0.1) is 0 Å². The standard InChI is InChI=1S/C23H24N2OS/c1-14-9-11-16(12-10-14)25-22-20(15(2)24-25)21-17-7-5-6-8-19(17)26-13-18(21)23(3,4)27-22/h5-12,18,21H,13H2,1-4H3/t18-,21+/m1/s1. The molecule has 3 aromatic rings. The molecule has 138 valence electrons. The summed E-state index contributed by atoms with van der Waals surface area (Å²) in [5.41, 5.74) is 6.20. The number of hydrogen-bond donors (Lipinski definition) is 0. The number of benzene rings is 2. The fourth-order valence-electron chi connectivity index (χ4n) is 4.48. The first kappa shape index (κ1) is 16.9. The lowest BCUT2D eigenvalue weighted by Gasteiger charge is -2.46. The normalized spacial score (nSPS) is 22.4. The molecule has 0 N–H and O–H groups in total. The van der Waals surface area contributed by atoms with Crippen LogP contribution in [-0.2, 0) is 0 Å². The fourth-order valence-corrected chi connectivity index (χ4v) is 5.95. The van der Waals surface area contributed by atoms with Crippen molar-refractivity contribution in [2.75, 3.05) is 6.61 Å². The van der Waals surface area contributed by atoms with Crippen LogP contribution < -0.4 is 4.74 Å². The van der Waals surface area contributed by atoms with Gasteiger partial charge in [-0.2, -0.15) is 5.10 Å². The maximum atomic E-state index is 6.15. The Balaban J connectivity index is 1.74. The van der Waals surface area contributed by atoms with Gasteiger partial charge in [-0.1, -0.05) is 47.7 Å². The van der Waals surface area contributed by atoms with Gasteiger partial charge in [0.25, 0.3) is 0 Å². The van der Waals surface area contributed by atoms with Crippen LogP contribution in [0.1, 0.15) is 42.1 Å². The van der Waals surface area contributed by atoms with E-state index in [4.69, 9.17) is 9.84 Å². The molecule has 0 unspecified atom stereocenters. The molecule has 0 radical (unpaired) electrons. The molecule has 2 aliphatic heterocycles. The number of thioether (sulfide) groups is 1. The molecule has 5 rings (SSSR count). The number of nitrogens with zero attached hydrogens (tertiary/aromatic N) is 2. The number of ether oxygens (including phenoxy) is 1. The van der Waals surface area contributed by atoms with Gasteiger partial charge >= 0.3 is 0 Å². The van der Waals surface area contributed by atoms with Crippen molar-refractivity contribution in [2.45, 2.75) is 43.4 Å². The van der Waals surface area contributed by atoms with E-state index in [0.29, 0.717) is 11.8 Å². The van der Waals surface area contributed by atoms with Gasteiger partial charge in [-0.3, -0.25) is 0 Å². The zero-order chi connectivity index (χ0) is 18.8. The first-order chi connectivity index (χ1) is 13.0. The number of aryl methyl sites for hydroxylation is 2. The van der Waals surface area contributed by atoms with E-state index in [1.165, 1.54) is 21.7 Å². The molecule has 3 nitrogen and oxygen atoms in total. The van der Waals surface area contributed by atoms with Crippen molar-refractivity contribution in [3.63, 3.8) is 0 Å². The van der Waals surface area contributed by atoms with E-state index in [-0.39, 0.29) is 4.75 Å². The Morgan fingerprint density at radius 3 is 2.59 bits per heavy atom. The Hall–Kier alpha value is -2.20. The lowest BCUT2D eigenvalue weighted by molar-refractivity contribution is 0.176. The number of hydrogen-bond acceptors (Lipinski definition) is 3. The smallest absolute Gasteiger partial charge is 0.123 e. The molecule has 2 atom stereocenters. The van der Waals surface area contributed by atoms with Gasteiger partial charge in [0.2, 0.25) is 0 Å². The Kier molecular flexibility index (Phi) is 3.70. The van der Waals surface area contributed by atoms with E-state index in [0.717, 1.165) is 23.7 Å².